The topological polar surface area (TPSA) is 66.3 Å². The molecule has 1 atom stereocenters. The molecule has 126 valence electrons. The number of carbonyl (C=O) groups excluding carboxylic acids is 1. The number of likely N-dealkylation sites (tertiary alicyclic amines) is 1. The van der Waals surface area contributed by atoms with Gasteiger partial charge >= 0.3 is 0 Å². The Labute approximate surface area is 142 Å². The molecular formula is C19H23N3O2. The fraction of sp³-hybridized carbons (Fsp3) is 0.421. The van der Waals surface area contributed by atoms with Crippen molar-refractivity contribution in [3.8, 4) is 11.4 Å². The Morgan fingerprint density at radius 3 is 2.79 bits per heavy atom. The zero-order chi connectivity index (χ0) is 16.9. The molecule has 1 amide bonds. The van der Waals surface area contributed by atoms with E-state index in [9.17, 15) is 9.90 Å². The highest BCUT2D eigenvalue weighted by atomic mass is 16.3. The average Bonchev–Trinajstić information content (AvgIpc) is 2.62. The molecule has 1 aromatic heterocycles. The predicted molar refractivity (Wildman–Crippen MR) is 92.6 cm³/mol. The van der Waals surface area contributed by atoms with E-state index < -0.39 is 0 Å². The third-order valence-corrected chi connectivity index (χ3v) is 4.59. The van der Waals surface area contributed by atoms with E-state index in [2.05, 4.69) is 9.97 Å². The van der Waals surface area contributed by atoms with Crippen LogP contribution in [0, 0.1) is 6.92 Å². The van der Waals surface area contributed by atoms with Crippen molar-refractivity contribution in [2.75, 3.05) is 13.2 Å². The Balaban J connectivity index is 1.85. The monoisotopic (exact) mass is 325 g/mol. The van der Waals surface area contributed by atoms with Gasteiger partial charge in [0.2, 0.25) is 0 Å². The molecule has 2 aromatic rings. The van der Waals surface area contributed by atoms with E-state index in [1.54, 1.807) is 6.20 Å². The Hall–Kier alpha value is -2.27. The molecule has 1 fully saturated rings. The van der Waals surface area contributed by atoms with Crippen molar-refractivity contribution < 1.29 is 9.90 Å². The lowest BCUT2D eigenvalue weighted by Crippen LogP contribution is -2.44. The van der Waals surface area contributed by atoms with E-state index in [1.165, 1.54) is 0 Å². The van der Waals surface area contributed by atoms with Crippen molar-refractivity contribution in [1.29, 1.82) is 0 Å². The summed E-state index contributed by atoms with van der Waals surface area (Å²) in [5.41, 5.74) is 2.19. The van der Waals surface area contributed by atoms with Crippen molar-refractivity contribution in [1.82, 2.24) is 14.9 Å². The van der Waals surface area contributed by atoms with Crippen LogP contribution in [0.2, 0.25) is 0 Å². The van der Waals surface area contributed by atoms with Gasteiger partial charge in [-0.1, -0.05) is 30.3 Å². The predicted octanol–water partition coefficient (Wildman–Crippen LogP) is 2.83. The molecule has 0 spiro atoms. The lowest BCUT2D eigenvalue weighted by atomic mass is 9.98. The molecule has 2 heterocycles. The minimum Gasteiger partial charge on any atom is -0.396 e. The number of rotatable bonds is 4. The van der Waals surface area contributed by atoms with Gasteiger partial charge in [0.15, 0.2) is 5.82 Å². The number of carbonyl (C=O) groups is 1. The summed E-state index contributed by atoms with van der Waals surface area (Å²) in [6, 6.07) is 9.87. The molecule has 1 aromatic carbocycles. The van der Waals surface area contributed by atoms with Crippen LogP contribution in [0.4, 0.5) is 0 Å². The molecule has 0 unspecified atom stereocenters. The van der Waals surface area contributed by atoms with Crippen molar-refractivity contribution in [2.24, 2.45) is 0 Å². The van der Waals surface area contributed by atoms with E-state index in [4.69, 9.17) is 0 Å². The van der Waals surface area contributed by atoms with Crippen LogP contribution in [0.15, 0.2) is 36.5 Å². The lowest BCUT2D eigenvalue weighted by Gasteiger charge is -2.35. The maximum Gasteiger partial charge on any atom is 0.257 e. The van der Waals surface area contributed by atoms with Gasteiger partial charge in [0, 0.05) is 31.0 Å². The number of hydrogen-bond donors (Lipinski definition) is 1. The largest absolute Gasteiger partial charge is 0.396 e. The molecule has 24 heavy (non-hydrogen) atoms. The van der Waals surface area contributed by atoms with Gasteiger partial charge in [-0.15, -0.1) is 0 Å². The van der Waals surface area contributed by atoms with Gasteiger partial charge in [0.1, 0.15) is 0 Å². The number of amides is 1. The van der Waals surface area contributed by atoms with Crippen LogP contribution in [-0.2, 0) is 0 Å². The third-order valence-electron chi connectivity index (χ3n) is 4.59. The number of aliphatic hydroxyl groups excluding tert-OH is 1. The number of nitrogens with zero attached hydrogens (tertiary/aromatic N) is 3. The van der Waals surface area contributed by atoms with Gasteiger partial charge in [0.25, 0.3) is 5.91 Å². The van der Waals surface area contributed by atoms with Crippen LogP contribution in [0.1, 0.15) is 41.7 Å². The van der Waals surface area contributed by atoms with E-state index in [1.807, 2.05) is 42.2 Å². The summed E-state index contributed by atoms with van der Waals surface area (Å²) in [7, 11) is 0. The van der Waals surface area contributed by atoms with Gasteiger partial charge in [-0.05, 0) is 32.6 Å². The van der Waals surface area contributed by atoms with Gasteiger partial charge in [-0.25, -0.2) is 9.97 Å². The Kier molecular flexibility index (Phi) is 5.20. The Morgan fingerprint density at radius 1 is 1.29 bits per heavy atom. The second kappa shape index (κ2) is 7.53. The van der Waals surface area contributed by atoms with Crippen molar-refractivity contribution in [2.45, 2.75) is 38.6 Å². The summed E-state index contributed by atoms with van der Waals surface area (Å²) in [6.45, 7) is 2.70. The summed E-state index contributed by atoms with van der Waals surface area (Å²) in [6.07, 6.45) is 5.34. The highest BCUT2D eigenvalue weighted by Gasteiger charge is 2.28. The second-order valence-corrected chi connectivity index (χ2v) is 6.22. The molecule has 0 bridgehead atoms. The van der Waals surface area contributed by atoms with Gasteiger partial charge in [-0.2, -0.15) is 0 Å². The standard InChI is InChI=1S/C19H23N3O2/c1-14-17(13-20-18(21-14)15-7-3-2-4-8-15)19(24)22-11-6-5-9-16(22)10-12-23/h2-4,7-8,13,16,23H,5-6,9-12H2,1H3/t16-/m1/s1. The molecule has 1 saturated heterocycles. The molecule has 1 N–H and O–H groups in total. The molecule has 5 heteroatoms. The molecular weight excluding hydrogens is 302 g/mol. The van der Waals surface area contributed by atoms with E-state index >= 15 is 0 Å². The minimum atomic E-state index is -0.0229. The zero-order valence-corrected chi connectivity index (χ0v) is 14.0. The first-order chi connectivity index (χ1) is 11.7. The molecule has 3 rings (SSSR count). The highest BCUT2D eigenvalue weighted by molar-refractivity contribution is 5.95. The van der Waals surface area contributed by atoms with Crippen LogP contribution >= 0.6 is 0 Å². The van der Waals surface area contributed by atoms with Crippen LogP contribution < -0.4 is 0 Å². The van der Waals surface area contributed by atoms with E-state index in [-0.39, 0.29) is 18.6 Å². The fourth-order valence-corrected chi connectivity index (χ4v) is 3.28. The second-order valence-electron chi connectivity index (χ2n) is 6.22. The highest BCUT2D eigenvalue weighted by Crippen LogP contribution is 2.23. The summed E-state index contributed by atoms with van der Waals surface area (Å²) in [5.74, 6) is 0.612. The van der Waals surface area contributed by atoms with Crippen LogP contribution in [0.25, 0.3) is 11.4 Å². The molecule has 1 aliphatic heterocycles. The number of piperidine rings is 1. The molecule has 0 aliphatic carbocycles. The summed E-state index contributed by atoms with van der Waals surface area (Å²) < 4.78 is 0. The lowest BCUT2D eigenvalue weighted by molar-refractivity contribution is 0.0573. The number of aliphatic hydroxyl groups is 1. The third kappa shape index (κ3) is 3.46. The number of aromatic nitrogens is 2. The van der Waals surface area contributed by atoms with Crippen molar-refractivity contribution in [3.05, 3.63) is 47.8 Å². The van der Waals surface area contributed by atoms with Crippen LogP contribution in [0.3, 0.4) is 0 Å². The van der Waals surface area contributed by atoms with Gasteiger partial charge in [0.05, 0.1) is 11.3 Å². The van der Waals surface area contributed by atoms with Crippen molar-refractivity contribution in [3.63, 3.8) is 0 Å². The van der Waals surface area contributed by atoms with E-state index in [0.717, 1.165) is 31.4 Å². The molecule has 1 aliphatic rings. The fourth-order valence-electron chi connectivity index (χ4n) is 3.28. The SMILES string of the molecule is Cc1nc(-c2ccccc2)ncc1C(=O)N1CCCC[C@@H]1CCO. The number of benzene rings is 1. The van der Waals surface area contributed by atoms with Gasteiger partial charge in [-0.3, -0.25) is 4.79 Å². The molecule has 5 nitrogen and oxygen atoms in total. The summed E-state index contributed by atoms with van der Waals surface area (Å²) in [4.78, 5) is 23.7. The Morgan fingerprint density at radius 2 is 2.08 bits per heavy atom. The first kappa shape index (κ1) is 16.6. The average molecular weight is 325 g/mol. The number of hydrogen-bond acceptors (Lipinski definition) is 4. The van der Waals surface area contributed by atoms with Crippen LogP contribution in [-0.4, -0.2) is 45.1 Å². The molecule has 0 saturated carbocycles. The smallest absolute Gasteiger partial charge is 0.257 e. The summed E-state index contributed by atoms with van der Waals surface area (Å²) >= 11 is 0. The zero-order valence-electron chi connectivity index (χ0n) is 14.0. The normalized spacial score (nSPS) is 17.8. The Bertz CT molecular complexity index is 701. The quantitative estimate of drug-likeness (QED) is 0.939. The number of aryl methyl sites for hydroxylation is 1. The first-order valence-corrected chi connectivity index (χ1v) is 8.51. The van der Waals surface area contributed by atoms with Crippen molar-refractivity contribution >= 4 is 5.91 Å². The van der Waals surface area contributed by atoms with Crippen LogP contribution in [0.5, 0.6) is 0 Å². The minimum absolute atomic E-state index is 0.0229. The maximum absolute atomic E-state index is 12.9. The van der Waals surface area contributed by atoms with Gasteiger partial charge < -0.3 is 10.0 Å². The van der Waals surface area contributed by atoms with E-state index in [0.29, 0.717) is 23.5 Å². The maximum atomic E-state index is 12.9. The molecule has 0 radical (unpaired) electrons. The first-order valence-electron chi connectivity index (χ1n) is 8.51. The summed E-state index contributed by atoms with van der Waals surface area (Å²) in [5, 5.41) is 9.24.